The molecule has 0 aromatic heterocycles. The van der Waals surface area contributed by atoms with E-state index in [1.54, 1.807) is 0 Å². The van der Waals surface area contributed by atoms with Crippen LogP contribution in [-0.2, 0) is 4.79 Å². The molecular formula is C19H28ClN3O2. The first-order valence-corrected chi connectivity index (χ1v) is 8.84. The maximum absolute atomic E-state index is 12.7. The van der Waals surface area contributed by atoms with Crippen LogP contribution in [0.5, 0.6) is 0 Å². The number of anilines is 1. The second-order valence-corrected chi connectivity index (χ2v) is 7.56. The Morgan fingerprint density at radius 2 is 1.88 bits per heavy atom. The van der Waals surface area contributed by atoms with Gasteiger partial charge in [-0.25, -0.2) is 0 Å². The molecule has 2 saturated heterocycles. The summed E-state index contributed by atoms with van der Waals surface area (Å²) in [6, 6.07) is 5.56. The fourth-order valence-corrected chi connectivity index (χ4v) is 3.71. The van der Waals surface area contributed by atoms with Gasteiger partial charge < -0.3 is 15.5 Å². The van der Waals surface area contributed by atoms with E-state index >= 15 is 0 Å². The zero-order chi connectivity index (χ0) is 17.3. The van der Waals surface area contributed by atoms with Gasteiger partial charge in [-0.05, 0) is 48.4 Å². The Kier molecular flexibility index (Phi) is 6.47. The van der Waals surface area contributed by atoms with Crippen LogP contribution in [0, 0.1) is 24.7 Å². The van der Waals surface area contributed by atoms with E-state index in [4.69, 9.17) is 0 Å². The van der Waals surface area contributed by atoms with Crippen LogP contribution in [-0.4, -0.2) is 42.9 Å². The van der Waals surface area contributed by atoms with Gasteiger partial charge in [-0.1, -0.05) is 13.8 Å². The molecule has 0 unspecified atom stereocenters. The highest BCUT2D eigenvalue weighted by Gasteiger charge is 2.38. The number of carbonyl (C=O) groups is 2. The van der Waals surface area contributed by atoms with E-state index in [9.17, 15) is 9.59 Å². The van der Waals surface area contributed by atoms with Crippen molar-refractivity contribution >= 4 is 29.9 Å². The molecular weight excluding hydrogens is 338 g/mol. The molecule has 0 bridgehead atoms. The summed E-state index contributed by atoms with van der Waals surface area (Å²) in [4.78, 5) is 26.6. The summed E-state index contributed by atoms with van der Waals surface area (Å²) in [5.74, 6) is 1.66. The predicted molar refractivity (Wildman–Crippen MR) is 102 cm³/mol. The molecule has 138 valence electrons. The number of likely N-dealkylation sites (tertiary alicyclic amines) is 1. The Balaban J connectivity index is 0.00000225. The van der Waals surface area contributed by atoms with Gasteiger partial charge in [0.2, 0.25) is 5.91 Å². The highest BCUT2D eigenvalue weighted by Crippen LogP contribution is 2.28. The SMILES string of the molecule is Cc1cc(C(=O)N2C[C@H]3CNC[C@H]3C2)ccc1NC(=O)CC(C)C.Cl. The first kappa shape index (κ1) is 19.7. The Labute approximate surface area is 155 Å². The summed E-state index contributed by atoms with van der Waals surface area (Å²) in [6.07, 6.45) is 0.505. The zero-order valence-electron chi connectivity index (χ0n) is 15.2. The van der Waals surface area contributed by atoms with Gasteiger partial charge in [0.05, 0.1) is 0 Å². The minimum Gasteiger partial charge on any atom is -0.338 e. The van der Waals surface area contributed by atoms with Crippen LogP contribution in [0.15, 0.2) is 18.2 Å². The summed E-state index contributed by atoms with van der Waals surface area (Å²) in [5, 5.41) is 6.33. The quantitative estimate of drug-likeness (QED) is 0.862. The van der Waals surface area contributed by atoms with E-state index in [2.05, 4.69) is 10.6 Å². The molecule has 5 nitrogen and oxygen atoms in total. The summed E-state index contributed by atoms with van der Waals surface area (Å²) >= 11 is 0. The number of hydrogen-bond donors (Lipinski definition) is 2. The topological polar surface area (TPSA) is 61.4 Å². The lowest BCUT2D eigenvalue weighted by molar-refractivity contribution is -0.116. The minimum absolute atomic E-state index is 0. The van der Waals surface area contributed by atoms with E-state index in [0.29, 0.717) is 29.7 Å². The molecule has 2 aliphatic rings. The van der Waals surface area contributed by atoms with Crippen molar-refractivity contribution in [2.45, 2.75) is 27.2 Å². The summed E-state index contributed by atoms with van der Waals surface area (Å²) < 4.78 is 0. The third kappa shape index (κ3) is 4.53. The first-order chi connectivity index (χ1) is 11.4. The molecule has 2 N–H and O–H groups in total. The number of hydrogen-bond acceptors (Lipinski definition) is 3. The molecule has 6 heteroatoms. The molecule has 0 aliphatic carbocycles. The van der Waals surface area contributed by atoms with E-state index in [0.717, 1.165) is 37.4 Å². The molecule has 1 aromatic rings. The number of carbonyl (C=O) groups excluding carboxylic acids is 2. The van der Waals surface area contributed by atoms with Crippen LogP contribution < -0.4 is 10.6 Å². The van der Waals surface area contributed by atoms with E-state index in [-0.39, 0.29) is 24.2 Å². The summed E-state index contributed by atoms with van der Waals surface area (Å²) in [7, 11) is 0. The number of fused-ring (bicyclic) bond motifs is 1. The average Bonchev–Trinajstić information content (AvgIpc) is 3.09. The van der Waals surface area contributed by atoms with Gasteiger partial charge in [-0.2, -0.15) is 0 Å². The number of nitrogens with one attached hydrogen (secondary N) is 2. The summed E-state index contributed by atoms with van der Waals surface area (Å²) in [5.41, 5.74) is 2.43. The first-order valence-electron chi connectivity index (χ1n) is 8.84. The van der Waals surface area contributed by atoms with Crippen molar-refractivity contribution in [3.63, 3.8) is 0 Å². The number of aryl methyl sites for hydroxylation is 1. The molecule has 0 saturated carbocycles. The smallest absolute Gasteiger partial charge is 0.253 e. The van der Waals surface area contributed by atoms with Crippen molar-refractivity contribution in [1.29, 1.82) is 0 Å². The zero-order valence-corrected chi connectivity index (χ0v) is 16.0. The van der Waals surface area contributed by atoms with E-state index < -0.39 is 0 Å². The second kappa shape index (κ2) is 8.19. The molecule has 2 heterocycles. The standard InChI is InChI=1S/C19H27N3O2.ClH/c1-12(2)6-18(23)21-17-5-4-14(7-13(17)3)19(24)22-10-15-8-20-9-16(15)11-22;/h4-5,7,12,15-16,20H,6,8-11H2,1-3H3,(H,21,23);1H/t15-,16+;. The molecule has 25 heavy (non-hydrogen) atoms. The monoisotopic (exact) mass is 365 g/mol. The maximum atomic E-state index is 12.7. The van der Waals surface area contributed by atoms with Crippen LogP contribution in [0.4, 0.5) is 5.69 Å². The van der Waals surface area contributed by atoms with Gasteiger partial charge in [0.1, 0.15) is 0 Å². The van der Waals surface area contributed by atoms with Gasteiger partial charge in [0.15, 0.2) is 0 Å². The Hall–Kier alpha value is -1.59. The Bertz CT molecular complexity index is 636. The number of benzene rings is 1. The third-order valence-corrected chi connectivity index (χ3v) is 5.02. The van der Waals surface area contributed by atoms with Crippen LogP contribution >= 0.6 is 12.4 Å². The molecule has 2 aliphatic heterocycles. The lowest BCUT2D eigenvalue weighted by atomic mass is 10.0. The van der Waals surface area contributed by atoms with E-state index in [1.165, 1.54) is 0 Å². The summed E-state index contributed by atoms with van der Waals surface area (Å²) in [6.45, 7) is 9.72. The Morgan fingerprint density at radius 3 is 2.44 bits per heavy atom. The molecule has 0 spiro atoms. The largest absolute Gasteiger partial charge is 0.338 e. The molecule has 3 rings (SSSR count). The van der Waals surface area contributed by atoms with Crippen molar-refractivity contribution in [2.75, 3.05) is 31.5 Å². The van der Waals surface area contributed by atoms with Crippen molar-refractivity contribution in [1.82, 2.24) is 10.2 Å². The van der Waals surface area contributed by atoms with Crippen molar-refractivity contribution in [2.24, 2.45) is 17.8 Å². The van der Waals surface area contributed by atoms with Gasteiger partial charge in [0, 0.05) is 43.9 Å². The van der Waals surface area contributed by atoms with Crippen molar-refractivity contribution in [3.8, 4) is 0 Å². The fraction of sp³-hybridized carbons (Fsp3) is 0.579. The number of rotatable bonds is 4. The van der Waals surface area contributed by atoms with Crippen LogP contribution in [0.2, 0.25) is 0 Å². The third-order valence-electron chi connectivity index (χ3n) is 5.02. The molecule has 1 aromatic carbocycles. The van der Waals surface area contributed by atoms with Gasteiger partial charge in [-0.3, -0.25) is 9.59 Å². The lowest BCUT2D eigenvalue weighted by Crippen LogP contribution is -2.31. The van der Waals surface area contributed by atoms with Crippen LogP contribution in [0.25, 0.3) is 0 Å². The number of halogens is 1. The highest BCUT2D eigenvalue weighted by molar-refractivity contribution is 5.96. The average molecular weight is 366 g/mol. The molecule has 2 amide bonds. The van der Waals surface area contributed by atoms with Crippen LogP contribution in [0.3, 0.4) is 0 Å². The molecule has 2 atom stereocenters. The number of nitrogens with zero attached hydrogens (tertiary/aromatic N) is 1. The van der Waals surface area contributed by atoms with E-state index in [1.807, 2.05) is 43.9 Å². The Morgan fingerprint density at radius 1 is 1.24 bits per heavy atom. The van der Waals surface area contributed by atoms with Crippen molar-refractivity contribution in [3.05, 3.63) is 29.3 Å². The van der Waals surface area contributed by atoms with Gasteiger partial charge in [-0.15, -0.1) is 12.4 Å². The highest BCUT2D eigenvalue weighted by atomic mass is 35.5. The minimum atomic E-state index is 0. The normalized spacial score (nSPS) is 21.8. The van der Waals surface area contributed by atoms with Gasteiger partial charge >= 0.3 is 0 Å². The van der Waals surface area contributed by atoms with Crippen LogP contribution in [0.1, 0.15) is 36.2 Å². The second-order valence-electron chi connectivity index (χ2n) is 7.56. The van der Waals surface area contributed by atoms with Gasteiger partial charge in [0.25, 0.3) is 5.91 Å². The molecule has 2 fully saturated rings. The molecule has 0 radical (unpaired) electrons. The fourth-order valence-electron chi connectivity index (χ4n) is 3.71. The van der Waals surface area contributed by atoms with Crippen molar-refractivity contribution < 1.29 is 9.59 Å². The predicted octanol–water partition coefficient (Wildman–Crippen LogP) is 2.69. The number of amides is 2. The lowest BCUT2D eigenvalue weighted by Gasteiger charge is -2.18. The maximum Gasteiger partial charge on any atom is 0.253 e.